The summed E-state index contributed by atoms with van der Waals surface area (Å²) < 4.78 is 4.95. The predicted octanol–water partition coefficient (Wildman–Crippen LogP) is 0.869. The molecule has 8 heteroatoms. The maximum atomic E-state index is 12.1. The van der Waals surface area contributed by atoms with Crippen LogP contribution < -0.4 is 0 Å². The Balaban J connectivity index is 1.74. The first-order valence-corrected chi connectivity index (χ1v) is 7.78. The molecule has 0 spiro atoms. The van der Waals surface area contributed by atoms with E-state index in [9.17, 15) is 9.59 Å². The van der Waals surface area contributed by atoms with Crippen LogP contribution in [0.5, 0.6) is 0 Å². The third-order valence-corrected chi connectivity index (χ3v) is 3.89. The van der Waals surface area contributed by atoms with Gasteiger partial charge in [-0.25, -0.2) is 14.8 Å². The van der Waals surface area contributed by atoms with Gasteiger partial charge >= 0.3 is 6.09 Å². The van der Waals surface area contributed by atoms with Gasteiger partial charge in [-0.05, 0) is 13.0 Å². The van der Waals surface area contributed by atoms with E-state index >= 15 is 0 Å². The molecule has 0 saturated carbocycles. The quantitative estimate of drug-likeness (QED) is 0.607. The molecule has 114 valence electrons. The van der Waals surface area contributed by atoms with Gasteiger partial charge < -0.3 is 14.5 Å². The molecule has 1 aliphatic rings. The highest BCUT2D eigenvalue weighted by Gasteiger charge is 2.24. The predicted molar refractivity (Wildman–Crippen MR) is 77.9 cm³/mol. The highest BCUT2D eigenvalue weighted by Crippen LogP contribution is 2.13. The minimum atomic E-state index is -0.309. The summed E-state index contributed by atoms with van der Waals surface area (Å²) in [5.41, 5.74) is 0. The van der Waals surface area contributed by atoms with Gasteiger partial charge in [0.1, 0.15) is 0 Å². The lowest BCUT2D eigenvalue weighted by atomic mass is 10.3. The highest BCUT2D eigenvalue weighted by molar-refractivity contribution is 7.99. The Hall–Kier alpha value is -1.83. The molecule has 0 radical (unpaired) electrons. The van der Waals surface area contributed by atoms with E-state index in [-0.39, 0.29) is 12.0 Å². The Morgan fingerprint density at radius 3 is 2.43 bits per heavy atom. The maximum absolute atomic E-state index is 12.1. The topological polar surface area (TPSA) is 75.6 Å². The Morgan fingerprint density at radius 1 is 1.19 bits per heavy atom. The van der Waals surface area contributed by atoms with Crippen molar-refractivity contribution in [3.63, 3.8) is 0 Å². The molecule has 1 aromatic heterocycles. The molecule has 2 heterocycles. The van der Waals surface area contributed by atoms with Crippen molar-refractivity contribution in [3.05, 3.63) is 18.5 Å². The molecule has 7 nitrogen and oxygen atoms in total. The van der Waals surface area contributed by atoms with E-state index in [1.165, 1.54) is 11.8 Å². The van der Waals surface area contributed by atoms with Crippen molar-refractivity contribution in [2.45, 2.75) is 12.1 Å². The van der Waals surface area contributed by atoms with Crippen molar-refractivity contribution in [1.82, 2.24) is 19.8 Å². The fourth-order valence-electron chi connectivity index (χ4n) is 1.93. The number of nitrogens with zero attached hydrogens (tertiary/aromatic N) is 4. The van der Waals surface area contributed by atoms with Crippen LogP contribution in [0.2, 0.25) is 0 Å². The van der Waals surface area contributed by atoms with Crippen LogP contribution in [0.15, 0.2) is 23.6 Å². The zero-order valence-corrected chi connectivity index (χ0v) is 12.7. The SMILES string of the molecule is CCOC(=O)N1CCN(C(=O)CSc2ncccn2)CC1. The molecule has 21 heavy (non-hydrogen) atoms. The first-order chi connectivity index (χ1) is 10.2. The summed E-state index contributed by atoms with van der Waals surface area (Å²) in [5.74, 6) is 0.347. The van der Waals surface area contributed by atoms with E-state index < -0.39 is 0 Å². The molecule has 0 atom stereocenters. The fourth-order valence-corrected chi connectivity index (χ4v) is 2.64. The highest BCUT2D eigenvalue weighted by atomic mass is 32.2. The molecule has 1 aromatic rings. The van der Waals surface area contributed by atoms with E-state index in [1.807, 2.05) is 0 Å². The lowest BCUT2D eigenvalue weighted by Crippen LogP contribution is -2.51. The summed E-state index contributed by atoms with van der Waals surface area (Å²) >= 11 is 1.32. The molecule has 0 bridgehead atoms. The van der Waals surface area contributed by atoms with Gasteiger partial charge in [0.2, 0.25) is 5.91 Å². The number of amides is 2. The molecular formula is C13H18N4O3S. The number of hydrogen-bond donors (Lipinski definition) is 0. The number of thioether (sulfide) groups is 1. The number of ether oxygens (including phenoxy) is 1. The monoisotopic (exact) mass is 310 g/mol. The summed E-state index contributed by atoms with van der Waals surface area (Å²) in [4.78, 5) is 35.2. The first-order valence-electron chi connectivity index (χ1n) is 6.80. The number of carbonyl (C=O) groups is 2. The van der Waals surface area contributed by atoms with Gasteiger partial charge in [0.15, 0.2) is 5.16 Å². The number of rotatable bonds is 4. The van der Waals surface area contributed by atoms with Crippen molar-refractivity contribution >= 4 is 23.8 Å². The molecule has 0 aliphatic carbocycles. The second kappa shape index (κ2) is 7.82. The van der Waals surface area contributed by atoms with Crippen molar-refractivity contribution in [1.29, 1.82) is 0 Å². The number of hydrogen-bond acceptors (Lipinski definition) is 6. The average Bonchev–Trinajstić information content (AvgIpc) is 2.54. The van der Waals surface area contributed by atoms with Gasteiger partial charge in [0.25, 0.3) is 0 Å². The second-order valence-electron chi connectivity index (χ2n) is 4.39. The third-order valence-electron chi connectivity index (χ3n) is 3.03. The molecule has 0 unspecified atom stereocenters. The zero-order valence-electron chi connectivity index (χ0n) is 11.9. The van der Waals surface area contributed by atoms with E-state index in [2.05, 4.69) is 9.97 Å². The lowest BCUT2D eigenvalue weighted by Gasteiger charge is -2.33. The van der Waals surface area contributed by atoms with Crippen molar-refractivity contribution < 1.29 is 14.3 Å². The minimum Gasteiger partial charge on any atom is -0.450 e. The van der Waals surface area contributed by atoms with Gasteiger partial charge in [-0.3, -0.25) is 4.79 Å². The van der Waals surface area contributed by atoms with Crippen molar-refractivity contribution in [2.75, 3.05) is 38.5 Å². The zero-order chi connectivity index (χ0) is 15.1. The summed E-state index contributed by atoms with van der Waals surface area (Å²) in [6.07, 6.45) is 2.99. The van der Waals surface area contributed by atoms with Crippen LogP contribution in [-0.2, 0) is 9.53 Å². The van der Waals surface area contributed by atoms with Crippen molar-refractivity contribution in [3.8, 4) is 0 Å². The van der Waals surface area contributed by atoms with Crippen LogP contribution in [0.25, 0.3) is 0 Å². The van der Waals surface area contributed by atoms with Crippen LogP contribution >= 0.6 is 11.8 Å². The Labute approximate surface area is 127 Å². The summed E-state index contributed by atoms with van der Waals surface area (Å²) in [6.45, 7) is 4.24. The number of piperazine rings is 1. The molecule has 1 fully saturated rings. The Kier molecular flexibility index (Phi) is 5.79. The van der Waals surface area contributed by atoms with Gasteiger partial charge in [0.05, 0.1) is 12.4 Å². The molecule has 0 N–H and O–H groups in total. The summed E-state index contributed by atoms with van der Waals surface area (Å²) in [7, 11) is 0. The second-order valence-corrected chi connectivity index (χ2v) is 5.33. The van der Waals surface area contributed by atoms with Crippen LogP contribution in [0.3, 0.4) is 0 Å². The first kappa shape index (κ1) is 15.6. The molecule has 1 aliphatic heterocycles. The molecular weight excluding hydrogens is 292 g/mol. The number of aromatic nitrogens is 2. The smallest absolute Gasteiger partial charge is 0.409 e. The molecule has 0 aromatic carbocycles. The van der Waals surface area contributed by atoms with Crippen LogP contribution in [0.1, 0.15) is 6.92 Å². The average molecular weight is 310 g/mol. The van der Waals surface area contributed by atoms with Crippen LogP contribution in [0.4, 0.5) is 4.79 Å². The largest absolute Gasteiger partial charge is 0.450 e. The van der Waals surface area contributed by atoms with Crippen molar-refractivity contribution in [2.24, 2.45) is 0 Å². The molecule has 2 rings (SSSR count). The van der Waals surface area contributed by atoms with E-state index in [1.54, 1.807) is 35.2 Å². The Morgan fingerprint density at radius 2 is 1.81 bits per heavy atom. The lowest BCUT2D eigenvalue weighted by molar-refractivity contribution is -0.129. The van der Waals surface area contributed by atoms with Crippen LogP contribution in [0, 0.1) is 0 Å². The van der Waals surface area contributed by atoms with Gasteiger partial charge in [-0.2, -0.15) is 0 Å². The minimum absolute atomic E-state index is 0.0379. The normalized spacial score (nSPS) is 14.9. The molecule has 2 amide bonds. The van der Waals surface area contributed by atoms with Gasteiger partial charge in [-0.15, -0.1) is 0 Å². The maximum Gasteiger partial charge on any atom is 0.409 e. The number of carbonyl (C=O) groups excluding carboxylic acids is 2. The van der Waals surface area contributed by atoms with E-state index in [0.717, 1.165) is 0 Å². The standard InChI is InChI=1S/C13H18N4O3S/c1-2-20-13(19)17-8-6-16(7-9-17)11(18)10-21-12-14-4-3-5-15-12/h3-5H,2,6-10H2,1H3. The molecule has 1 saturated heterocycles. The summed E-state index contributed by atoms with van der Waals surface area (Å²) in [5, 5.41) is 0.594. The summed E-state index contributed by atoms with van der Waals surface area (Å²) in [6, 6.07) is 1.74. The van der Waals surface area contributed by atoms with E-state index in [0.29, 0.717) is 43.7 Å². The van der Waals surface area contributed by atoms with Gasteiger partial charge in [-0.1, -0.05) is 11.8 Å². The van der Waals surface area contributed by atoms with E-state index in [4.69, 9.17) is 4.74 Å². The third kappa shape index (κ3) is 4.59. The van der Waals surface area contributed by atoms with Gasteiger partial charge in [0, 0.05) is 38.6 Å². The Bertz CT molecular complexity index is 478. The van der Waals surface area contributed by atoms with Crippen LogP contribution in [-0.4, -0.2) is 70.3 Å². The fraction of sp³-hybridized carbons (Fsp3) is 0.538.